The molecule has 0 bridgehead atoms. The number of thiazole rings is 1. The summed E-state index contributed by atoms with van der Waals surface area (Å²) < 4.78 is 5.55. The van der Waals surface area contributed by atoms with E-state index in [0.717, 1.165) is 24.2 Å². The second-order valence-corrected chi connectivity index (χ2v) is 5.68. The number of nitrogens with one attached hydrogen (secondary N) is 2. The lowest BCUT2D eigenvalue weighted by atomic mass is 9.99. The number of amides is 1. The number of ether oxygens (including phenoxy) is 1. The molecule has 2 aromatic rings. The number of aromatic amines is 1. The molecular formula is C14H17N3O2S. The van der Waals surface area contributed by atoms with Gasteiger partial charge in [-0.2, -0.15) is 0 Å². The smallest absolute Gasteiger partial charge is 0.231 e. The van der Waals surface area contributed by atoms with E-state index in [1.807, 2.05) is 30.6 Å². The molecule has 1 fully saturated rings. The van der Waals surface area contributed by atoms with Gasteiger partial charge < -0.3 is 15.0 Å². The average Bonchev–Trinajstić information content (AvgIpc) is 3.19. The van der Waals surface area contributed by atoms with Gasteiger partial charge in [0.05, 0.1) is 23.4 Å². The monoisotopic (exact) mass is 291 g/mol. The zero-order valence-electron chi connectivity index (χ0n) is 11.3. The first-order valence-corrected chi connectivity index (χ1v) is 7.67. The van der Waals surface area contributed by atoms with Gasteiger partial charge in [-0.15, -0.1) is 11.3 Å². The molecule has 106 valence electrons. The van der Waals surface area contributed by atoms with Gasteiger partial charge in [0.25, 0.3) is 0 Å². The molecule has 0 aromatic carbocycles. The summed E-state index contributed by atoms with van der Waals surface area (Å²) in [5.74, 6) is -0.0421. The SMILES string of the molecule is CC[C@@H]1OCC[C@H]1C(=O)Nc1nc(-c2ccc[nH]2)cs1. The molecule has 1 saturated heterocycles. The Hall–Kier alpha value is -1.66. The standard InChI is InChI=1S/C14H17N3O2S/c1-2-12-9(5-7-19-12)13(18)17-14-16-11(8-20-14)10-4-3-6-15-10/h3-4,6,8-9,12,15H,2,5,7H2,1H3,(H,16,17,18)/t9-,12+/m1/s1. The van der Waals surface area contributed by atoms with Crippen LogP contribution in [0, 0.1) is 5.92 Å². The van der Waals surface area contributed by atoms with Gasteiger partial charge in [-0.05, 0) is 25.0 Å². The number of carbonyl (C=O) groups excluding carboxylic acids is 1. The van der Waals surface area contributed by atoms with E-state index in [1.165, 1.54) is 11.3 Å². The fourth-order valence-corrected chi connectivity index (χ4v) is 3.21. The highest BCUT2D eigenvalue weighted by Crippen LogP contribution is 2.27. The Morgan fingerprint density at radius 1 is 1.65 bits per heavy atom. The van der Waals surface area contributed by atoms with Crippen LogP contribution in [0.2, 0.25) is 0 Å². The summed E-state index contributed by atoms with van der Waals surface area (Å²) in [6, 6.07) is 3.88. The molecule has 0 saturated carbocycles. The molecule has 3 heterocycles. The van der Waals surface area contributed by atoms with Gasteiger partial charge in [0.1, 0.15) is 0 Å². The molecule has 0 aliphatic carbocycles. The van der Waals surface area contributed by atoms with Crippen LogP contribution in [0.1, 0.15) is 19.8 Å². The summed E-state index contributed by atoms with van der Waals surface area (Å²) in [4.78, 5) is 19.8. The summed E-state index contributed by atoms with van der Waals surface area (Å²) in [5.41, 5.74) is 1.81. The van der Waals surface area contributed by atoms with Crippen molar-refractivity contribution in [3.05, 3.63) is 23.7 Å². The maximum Gasteiger partial charge on any atom is 0.231 e. The molecule has 0 unspecified atom stereocenters. The second-order valence-electron chi connectivity index (χ2n) is 4.82. The van der Waals surface area contributed by atoms with Crippen molar-refractivity contribution in [2.75, 3.05) is 11.9 Å². The number of H-pyrrole nitrogens is 1. The average molecular weight is 291 g/mol. The van der Waals surface area contributed by atoms with E-state index in [4.69, 9.17) is 4.74 Å². The van der Waals surface area contributed by atoms with E-state index in [1.54, 1.807) is 0 Å². The number of hydrogen-bond donors (Lipinski definition) is 2. The highest BCUT2D eigenvalue weighted by molar-refractivity contribution is 7.14. The van der Waals surface area contributed by atoms with E-state index in [0.29, 0.717) is 11.7 Å². The van der Waals surface area contributed by atoms with Crippen LogP contribution in [-0.4, -0.2) is 28.6 Å². The molecule has 0 spiro atoms. The van der Waals surface area contributed by atoms with Gasteiger partial charge in [0.2, 0.25) is 5.91 Å². The molecule has 0 radical (unpaired) electrons. The predicted octanol–water partition coefficient (Wildman–Crippen LogP) is 2.89. The summed E-state index contributed by atoms with van der Waals surface area (Å²) in [5, 5.41) is 5.48. The highest BCUT2D eigenvalue weighted by Gasteiger charge is 2.33. The molecule has 6 heteroatoms. The van der Waals surface area contributed by atoms with E-state index < -0.39 is 0 Å². The fourth-order valence-electron chi connectivity index (χ4n) is 2.49. The molecule has 2 aromatic heterocycles. The summed E-state index contributed by atoms with van der Waals surface area (Å²) in [7, 11) is 0. The Morgan fingerprint density at radius 2 is 2.55 bits per heavy atom. The molecule has 1 aliphatic heterocycles. The van der Waals surface area contributed by atoms with Crippen molar-refractivity contribution in [2.45, 2.75) is 25.9 Å². The van der Waals surface area contributed by atoms with Crippen molar-refractivity contribution in [3.63, 3.8) is 0 Å². The normalized spacial score (nSPS) is 22.1. The lowest BCUT2D eigenvalue weighted by molar-refractivity contribution is -0.121. The summed E-state index contributed by atoms with van der Waals surface area (Å²) in [6.45, 7) is 2.71. The van der Waals surface area contributed by atoms with Crippen molar-refractivity contribution >= 4 is 22.4 Å². The number of rotatable bonds is 4. The second kappa shape index (κ2) is 5.76. The number of anilines is 1. The van der Waals surface area contributed by atoms with Crippen LogP contribution in [0.5, 0.6) is 0 Å². The van der Waals surface area contributed by atoms with Crippen LogP contribution >= 0.6 is 11.3 Å². The van der Waals surface area contributed by atoms with Crippen LogP contribution in [0.15, 0.2) is 23.7 Å². The number of hydrogen-bond acceptors (Lipinski definition) is 4. The maximum absolute atomic E-state index is 12.2. The third-order valence-corrected chi connectivity index (χ3v) is 4.31. The zero-order chi connectivity index (χ0) is 13.9. The van der Waals surface area contributed by atoms with Gasteiger partial charge in [-0.1, -0.05) is 6.92 Å². The third kappa shape index (κ3) is 2.62. The highest BCUT2D eigenvalue weighted by atomic mass is 32.1. The van der Waals surface area contributed by atoms with Gasteiger partial charge >= 0.3 is 0 Å². The van der Waals surface area contributed by atoms with Crippen LogP contribution in [0.3, 0.4) is 0 Å². The van der Waals surface area contributed by atoms with Crippen molar-refractivity contribution < 1.29 is 9.53 Å². The van der Waals surface area contributed by atoms with Crippen LogP contribution < -0.4 is 5.32 Å². The molecule has 20 heavy (non-hydrogen) atoms. The number of aromatic nitrogens is 2. The predicted molar refractivity (Wildman–Crippen MR) is 78.7 cm³/mol. The summed E-state index contributed by atoms with van der Waals surface area (Å²) in [6.07, 6.45) is 3.55. The Balaban J connectivity index is 1.67. The maximum atomic E-state index is 12.2. The first-order valence-electron chi connectivity index (χ1n) is 6.79. The summed E-state index contributed by atoms with van der Waals surface area (Å²) >= 11 is 1.44. The lowest BCUT2D eigenvalue weighted by Gasteiger charge is -2.15. The topological polar surface area (TPSA) is 67.0 Å². The third-order valence-electron chi connectivity index (χ3n) is 3.56. The molecule has 1 amide bonds. The molecule has 2 atom stereocenters. The first kappa shape index (κ1) is 13.3. The van der Waals surface area contributed by atoms with Gasteiger partial charge in [0.15, 0.2) is 5.13 Å². The van der Waals surface area contributed by atoms with Gasteiger partial charge in [-0.25, -0.2) is 4.98 Å². The lowest BCUT2D eigenvalue weighted by Crippen LogP contribution is -2.29. The number of nitrogens with zero attached hydrogens (tertiary/aromatic N) is 1. The van der Waals surface area contributed by atoms with E-state index in [9.17, 15) is 4.79 Å². The van der Waals surface area contributed by atoms with Gasteiger partial charge in [0, 0.05) is 18.2 Å². The Bertz CT molecular complexity index is 579. The molecular weight excluding hydrogens is 274 g/mol. The van der Waals surface area contributed by atoms with Crippen LogP contribution in [-0.2, 0) is 9.53 Å². The Kier molecular flexibility index (Phi) is 3.84. The van der Waals surface area contributed by atoms with Crippen molar-refractivity contribution in [3.8, 4) is 11.4 Å². The fraction of sp³-hybridized carbons (Fsp3) is 0.429. The largest absolute Gasteiger partial charge is 0.377 e. The molecule has 1 aliphatic rings. The Morgan fingerprint density at radius 3 is 3.30 bits per heavy atom. The van der Waals surface area contributed by atoms with E-state index in [-0.39, 0.29) is 17.9 Å². The minimum Gasteiger partial charge on any atom is -0.377 e. The molecule has 2 N–H and O–H groups in total. The Labute approximate surface area is 121 Å². The zero-order valence-corrected chi connectivity index (χ0v) is 12.1. The van der Waals surface area contributed by atoms with Crippen molar-refractivity contribution in [1.82, 2.24) is 9.97 Å². The van der Waals surface area contributed by atoms with Crippen molar-refractivity contribution in [2.24, 2.45) is 5.92 Å². The van der Waals surface area contributed by atoms with Gasteiger partial charge in [-0.3, -0.25) is 4.79 Å². The van der Waals surface area contributed by atoms with Crippen LogP contribution in [0.4, 0.5) is 5.13 Å². The molecule has 5 nitrogen and oxygen atoms in total. The quantitative estimate of drug-likeness (QED) is 0.910. The van der Waals surface area contributed by atoms with Crippen LogP contribution in [0.25, 0.3) is 11.4 Å². The minimum absolute atomic E-state index is 0.0155. The van der Waals surface area contributed by atoms with Crippen molar-refractivity contribution in [1.29, 1.82) is 0 Å². The molecule has 3 rings (SSSR count). The minimum atomic E-state index is -0.0576. The number of carbonyl (C=O) groups is 1. The van der Waals surface area contributed by atoms with E-state index in [2.05, 4.69) is 15.3 Å². The first-order chi connectivity index (χ1) is 9.78. The van der Waals surface area contributed by atoms with E-state index >= 15 is 0 Å².